The van der Waals surface area contributed by atoms with Gasteiger partial charge in [-0.1, -0.05) is 13.8 Å². The van der Waals surface area contributed by atoms with Crippen LogP contribution in [0.25, 0.3) is 0 Å². The molecule has 1 fully saturated rings. The maximum Gasteiger partial charge on any atom is 0.293 e. The van der Waals surface area contributed by atoms with Crippen LogP contribution in [0, 0.1) is 10.1 Å². The molecule has 1 heterocycles. The summed E-state index contributed by atoms with van der Waals surface area (Å²) < 4.78 is 31.7. The quantitative estimate of drug-likeness (QED) is 0.362. The van der Waals surface area contributed by atoms with Crippen molar-refractivity contribution in [3.05, 3.63) is 28.3 Å². The lowest BCUT2D eigenvalue weighted by Crippen LogP contribution is -2.37. The molecule has 0 radical (unpaired) electrons. The Labute approximate surface area is 160 Å². The fraction of sp³-hybridized carbons (Fsp3) is 0.647. The molecule has 1 aliphatic heterocycles. The van der Waals surface area contributed by atoms with E-state index in [9.17, 15) is 18.5 Å². The molecule has 9 nitrogen and oxygen atoms in total. The number of nitro benzene ring substituents is 1. The van der Waals surface area contributed by atoms with Crippen LogP contribution in [-0.4, -0.2) is 75.0 Å². The topological polar surface area (TPSA) is 105 Å². The van der Waals surface area contributed by atoms with Crippen molar-refractivity contribution < 1.29 is 18.1 Å². The summed E-state index contributed by atoms with van der Waals surface area (Å²) in [7, 11) is -3.73. The Morgan fingerprint density at radius 3 is 2.52 bits per heavy atom. The summed E-state index contributed by atoms with van der Waals surface area (Å²) in [5, 5.41) is 14.5. The third-order valence-corrected chi connectivity index (χ3v) is 6.63. The highest BCUT2D eigenvalue weighted by Gasteiger charge is 2.25. The Morgan fingerprint density at radius 2 is 1.93 bits per heavy atom. The van der Waals surface area contributed by atoms with Gasteiger partial charge in [0, 0.05) is 38.8 Å². The van der Waals surface area contributed by atoms with E-state index < -0.39 is 14.9 Å². The maximum atomic E-state index is 12.6. The molecule has 1 N–H and O–H groups in total. The van der Waals surface area contributed by atoms with Crippen LogP contribution in [0.1, 0.15) is 20.3 Å². The molecule has 0 saturated carbocycles. The van der Waals surface area contributed by atoms with Gasteiger partial charge >= 0.3 is 0 Å². The van der Waals surface area contributed by atoms with Crippen LogP contribution in [0.15, 0.2) is 23.1 Å². The number of nitrogens with zero attached hydrogens (tertiary/aromatic N) is 3. The SMILES string of the molecule is CCN(CC)S(=O)(=O)c1ccc(NCCCN2CCOCC2)c([N+](=O)[O-])c1. The molecule has 0 spiro atoms. The molecule has 1 aromatic carbocycles. The van der Waals surface area contributed by atoms with Gasteiger partial charge in [-0.25, -0.2) is 8.42 Å². The molecule has 0 aromatic heterocycles. The van der Waals surface area contributed by atoms with Crippen LogP contribution in [0.4, 0.5) is 11.4 Å². The number of anilines is 1. The first-order valence-corrected chi connectivity index (χ1v) is 10.7. The smallest absolute Gasteiger partial charge is 0.293 e. The molecule has 0 atom stereocenters. The zero-order chi connectivity index (χ0) is 19.9. The fourth-order valence-corrected chi connectivity index (χ4v) is 4.51. The van der Waals surface area contributed by atoms with E-state index in [-0.39, 0.29) is 10.6 Å². The Balaban J connectivity index is 2.05. The molecule has 10 heteroatoms. The number of sulfonamides is 1. The summed E-state index contributed by atoms with van der Waals surface area (Å²) in [5.41, 5.74) is 0.107. The number of nitrogens with one attached hydrogen (secondary N) is 1. The van der Waals surface area contributed by atoms with E-state index in [4.69, 9.17) is 4.74 Å². The minimum absolute atomic E-state index is 0.0585. The second kappa shape index (κ2) is 9.98. The second-order valence-electron chi connectivity index (χ2n) is 6.26. The molecule has 1 aromatic rings. The molecule has 27 heavy (non-hydrogen) atoms. The van der Waals surface area contributed by atoms with Crippen molar-refractivity contribution in [3.63, 3.8) is 0 Å². The summed E-state index contributed by atoms with van der Waals surface area (Å²) in [6.45, 7) is 8.83. The van der Waals surface area contributed by atoms with Crippen molar-refractivity contribution in [1.29, 1.82) is 0 Å². The van der Waals surface area contributed by atoms with E-state index in [0.29, 0.717) is 25.3 Å². The van der Waals surface area contributed by atoms with Crippen LogP contribution in [0.3, 0.4) is 0 Å². The summed E-state index contributed by atoms with van der Waals surface area (Å²) in [4.78, 5) is 13.1. The lowest BCUT2D eigenvalue weighted by molar-refractivity contribution is -0.384. The second-order valence-corrected chi connectivity index (χ2v) is 8.20. The molecule has 2 rings (SSSR count). The van der Waals surface area contributed by atoms with Crippen molar-refractivity contribution in [1.82, 2.24) is 9.21 Å². The maximum absolute atomic E-state index is 12.6. The van der Waals surface area contributed by atoms with E-state index in [1.807, 2.05) is 0 Å². The van der Waals surface area contributed by atoms with Gasteiger partial charge in [0.2, 0.25) is 10.0 Å². The van der Waals surface area contributed by atoms with Gasteiger partial charge in [-0.05, 0) is 25.1 Å². The van der Waals surface area contributed by atoms with Gasteiger partial charge < -0.3 is 10.1 Å². The summed E-state index contributed by atoms with van der Waals surface area (Å²) in [5.74, 6) is 0. The summed E-state index contributed by atoms with van der Waals surface area (Å²) in [6, 6.07) is 4.03. The monoisotopic (exact) mass is 400 g/mol. The standard InChI is InChI=1S/C17H28N4O5S/c1-3-20(4-2)27(24,25)15-6-7-16(17(14-15)21(22)23)18-8-5-9-19-10-12-26-13-11-19/h6-7,14,18H,3-5,8-13H2,1-2H3. The molecule has 0 aliphatic carbocycles. The average molecular weight is 401 g/mol. The molecular weight excluding hydrogens is 372 g/mol. The summed E-state index contributed by atoms with van der Waals surface area (Å²) >= 11 is 0. The van der Waals surface area contributed by atoms with E-state index >= 15 is 0 Å². The van der Waals surface area contributed by atoms with Gasteiger partial charge in [0.25, 0.3) is 5.69 Å². The van der Waals surface area contributed by atoms with Crippen molar-refractivity contribution in [2.45, 2.75) is 25.2 Å². The van der Waals surface area contributed by atoms with E-state index in [1.54, 1.807) is 13.8 Å². The predicted molar refractivity (Wildman–Crippen MR) is 104 cm³/mol. The number of hydrogen-bond acceptors (Lipinski definition) is 7. The number of nitro groups is 1. The van der Waals surface area contributed by atoms with E-state index in [0.717, 1.165) is 45.3 Å². The minimum atomic E-state index is -3.73. The van der Waals surface area contributed by atoms with Crippen molar-refractivity contribution >= 4 is 21.4 Å². The number of rotatable bonds is 10. The minimum Gasteiger partial charge on any atom is -0.379 e. The number of ether oxygens (including phenoxy) is 1. The first kappa shape index (κ1) is 21.5. The highest BCUT2D eigenvalue weighted by atomic mass is 32.2. The van der Waals surface area contributed by atoms with Gasteiger partial charge in [0.15, 0.2) is 0 Å². The Hall–Kier alpha value is -1.75. The van der Waals surface area contributed by atoms with Crippen molar-refractivity contribution in [2.24, 2.45) is 0 Å². The number of hydrogen-bond donors (Lipinski definition) is 1. The van der Waals surface area contributed by atoms with Crippen LogP contribution >= 0.6 is 0 Å². The Bertz CT molecular complexity index is 731. The molecule has 152 valence electrons. The average Bonchev–Trinajstić information content (AvgIpc) is 2.66. The molecule has 0 amide bonds. The highest BCUT2D eigenvalue weighted by Crippen LogP contribution is 2.29. The lowest BCUT2D eigenvalue weighted by atomic mass is 10.2. The van der Waals surface area contributed by atoms with Gasteiger partial charge in [0.1, 0.15) is 5.69 Å². The Morgan fingerprint density at radius 1 is 1.26 bits per heavy atom. The number of morpholine rings is 1. The largest absolute Gasteiger partial charge is 0.379 e. The van der Waals surface area contributed by atoms with Crippen LogP contribution in [0.2, 0.25) is 0 Å². The molecule has 0 unspecified atom stereocenters. The van der Waals surface area contributed by atoms with Gasteiger partial charge in [-0.3, -0.25) is 15.0 Å². The third-order valence-electron chi connectivity index (χ3n) is 4.58. The first-order valence-electron chi connectivity index (χ1n) is 9.22. The summed E-state index contributed by atoms with van der Waals surface area (Å²) in [6.07, 6.45) is 0.830. The fourth-order valence-electron chi connectivity index (χ4n) is 3.04. The molecule has 1 saturated heterocycles. The third kappa shape index (κ3) is 5.61. The number of benzene rings is 1. The Kier molecular flexibility index (Phi) is 7.96. The molecular formula is C17H28N4O5S. The van der Waals surface area contributed by atoms with Crippen molar-refractivity contribution in [2.75, 3.05) is 57.8 Å². The molecule has 1 aliphatic rings. The normalized spacial score (nSPS) is 15.8. The van der Waals surface area contributed by atoms with Crippen molar-refractivity contribution in [3.8, 4) is 0 Å². The van der Waals surface area contributed by atoms with Gasteiger partial charge in [-0.2, -0.15) is 4.31 Å². The first-order chi connectivity index (χ1) is 12.9. The van der Waals surface area contributed by atoms with Gasteiger partial charge in [-0.15, -0.1) is 0 Å². The lowest BCUT2D eigenvalue weighted by Gasteiger charge is -2.26. The van der Waals surface area contributed by atoms with Crippen LogP contribution in [0.5, 0.6) is 0 Å². The van der Waals surface area contributed by atoms with E-state index in [2.05, 4.69) is 10.2 Å². The van der Waals surface area contributed by atoms with Crippen LogP contribution < -0.4 is 5.32 Å². The predicted octanol–water partition coefficient (Wildman–Crippen LogP) is 1.76. The highest BCUT2D eigenvalue weighted by molar-refractivity contribution is 7.89. The zero-order valence-electron chi connectivity index (χ0n) is 15.9. The van der Waals surface area contributed by atoms with Crippen LogP contribution in [-0.2, 0) is 14.8 Å². The van der Waals surface area contributed by atoms with E-state index in [1.165, 1.54) is 16.4 Å². The molecule has 0 bridgehead atoms. The zero-order valence-corrected chi connectivity index (χ0v) is 16.7. The van der Waals surface area contributed by atoms with Gasteiger partial charge in [0.05, 0.1) is 23.0 Å².